The van der Waals surface area contributed by atoms with Crippen molar-refractivity contribution in [3.63, 3.8) is 0 Å². The van der Waals surface area contributed by atoms with E-state index in [2.05, 4.69) is 13.0 Å². The molecule has 1 aromatic rings. The van der Waals surface area contributed by atoms with Crippen LogP contribution < -0.4 is 5.73 Å². The van der Waals surface area contributed by atoms with E-state index >= 15 is 0 Å². The fourth-order valence-electron chi connectivity index (χ4n) is 2.61. The molecule has 0 atom stereocenters. The zero-order chi connectivity index (χ0) is 13.0. The molecule has 0 saturated carbocycles. The van der Waals surface area contributed by atoms with Crippen LogP contribution in [0.15, 0.2) is 11.4 Å². The van der Waals surface area contributed by atoms with Crippen LogP contribution in [0.1, 0.15) is 41.4 Å². The molecule has 1 fully saturated rings. The second-order valence-electron chi connectivity index (χ2n) is 4.94. The van der Waals surface area contributed by atoms with Crippen molar-refractivity contribution in [3.8, 4) is 0 Å². The van der Waals surface area contributed by atoms with Gasteiger partial charge in [0.05, 0.1) is 4.88 Å². The van der Waals surface area contributed by atoms with Crippen LogP contribution in [-0.2, 0) is 6.42 Å². The van der Waals surface area contributed by atoms with Crippen molar-refractivity contribution in [2.24, 2.45) is 11.7 Å². The zero-order valence-electron chi connectivity index (χ0n) is 11.0. The van der Waals surface area contributed by atoms with Crippen LogP contribution in [0.5, 0.6) is 0 Å². The van der Waals surface area contributed by atoms with Gasteiger partial charge in [-0.2, -0.15) is 0 Å². The normalized spacial score (nSPS) is 17.1. The highest BCUT2D eigenvalue weighted by Crippen LogP contribution is 2.24. The average Bonchev–Trinajstić information content (AvgIpc) is 2.87. The number of nitrogens with two attached hydrogens (primary N) is 1. The van der Waals surface area contributed by atoms with Gasteiger partial charge in [-0.3, -0.25) is 4.79 Å². The standard InChI is InChI=1S/C14H22N2OS/c1-2-12-6-10-18-13(12)14(17)16-8-4-11(3-7-15)5-9-16/h6,10-11H,2-5,7-9,15H2,1H3. The fourth-order valence-corrected chi connectivity index (χ4v) is 3.57. The van der Waals surface area contributed by atoms with Crippen LogP contribution in [0.2, 0.25) is 0 Å². The summed E-state index contributed by atoms with van der Waals surface area (Å²) in [7, 11) is 0. The maximum atomic E-state index is 12.4. The summed E-state index contributed by atoms with van der Waals surface area (Å²) >= 11 is 1.58. The van der Waals surface area contributed by atoms with Gasteiger partial charge in [-0.15, -0.1) is 11.3 Å². The van der Waals surface area contributed by atoms with E-state index in [1.807, 2.05) is 10.3 Å². The number of hydrogen-bond donors (Lipinski definition) is 1. The van der Waals surface area contributed by atoms with E-state index in [-0.39, 0.29) is 5.91 Å². The van der Waals surface area contributed by atoms with Crippen molar-refractivity contribution in [2.75, 3.05) is 19.6 Å². The molecule has 2 N–H and O–H groups in total. The smallest absolute Gasteiger partial charge is 0.264 e. The van der Waals surface area contributed by atoms with Crippen molar-refractivity contribution in [1.82, 2.24) is 4.90 Å². The van der Waals surface area contributed by atoms with Gasteiger partial charge in [0, 0.05) is 13.1 Å². The number of amides is 1. The summed E-state index contributed by atoms with van der Waals surface area (Å²) in [4.78, 5) is 15.4. The van der Waals surface area contributed by atoms with E-state index in [9.17, 15) is 4.79 Å². The largest absolute Gasteiger partial charge is 0.338 e. The molecule has 0 spiro atoms. The van der Waals surface area contributed by atoms with Crippen molar-refractivity contribution in [1.29, 1.82) is 0 Å². The number of aryl methyl sites for hydroxylation is 1. The molecular formula is C14H22N2OS. The minimum atomic E-state index is 0.230. The van der Waals surface area contributed by atoms with E-state index in [4.69, 9.17) is 5.73 Å². The van der Waals surface area contributed by atoms with Gasteiger partial charge in [0.25, 0.3) is 5.91 Å². The number of thiophene rings is 1. The summed E-state index contributed by atoms with van der Waals surface area (Å²) in [5.74, 6) is 0.945. The van der Waals surface area contributed by atoms with E-state index in [0.717, 1.165) is 50.2 Å². The molecule has 4 heteroatoms. The molecule has 2 heterocycles. The number of hydrogen-bond acceptors (Lipinski definition) is 3. The van der Waals surface area contributed by atoms with Gasteiger partial charge >= 0.3 is 0 Å². The third-order valence-corrected chi connectivity index (χ3v) is 4.74. The molecule has 0 bridgehead atoms. The van der Waals surface area contributed by atoms with Crippen LogP contribution in [-0.4, -0.2) is 30.4 Å². The van der Waals surface area contributed by atoms with Gasteiger partial charge in [0.2, 0.25) is 0 Å². The molecule has 0 radical (unpaired) electrons. The Kier molecular flexibility index (Phi) is 4.78. The molecule has 1 aliphatic rings. The van der Waals surface area contributed by atoms with Crippen LogP contribution in [0.4, 0.5) is 0 Å². The Morgan fingerprint density at radius 2 is 2.22 bits per heavy atom. The lowest BCUT2D eigenvalue weighted by Crippen LogP contribution is -2.38. The topological polar surface area (TPSA) is 46.3 Å². The van der Waals surface area contributed by atoms with E-state index in [1.165, 1.54) is 5.56 Å². The predicted molar refractivity (Wildman–Crippen MR) is 76.0 cm³/mol. The first kappa shape index (κ1) is 13.6. The Hall–Kier alpha value is -0.870. The van der Waals surface area contributed by atoms with E-state index < -0.39 is 0 Å². The fraction of sp³-hybridized carbons (Fsp3) is 0.643. The highest BCUT2D eigenvalue weighted by molar-refractivity contribution is 7.12. The summed E-state index contributed by atoms with van der Waals surface area (Å²) in [6, 6.07) is 2.07. The number of rotatable bonds is 4. The SMILES string of the molecule is CCc1ccsc1C(=O)N1CCC(CCN)CC1. The summed E-state index contributed by atoms with van der Waals surface area (Å²) in [6.45, 7) is 4.66. The third-order valence-electron chi connectivity index (χ3n) is 3.80. The molecule has 100 valence electrons. The van der Waals surface area contributed by atoms with Crippen LogP contribution in [0.25, 0.3) is 0 Å². The Morgan fingerprint density at radius 3 is 2.83 bits per heavy atom. The van der Waals surface area contributed by atoms with Crippen molar-refractivity contribution in [2.45, 2.75) is 32.6 Å². The highest BCUT2D eigenvalue weighted by Gasteiger charge is 2.24. The highest BCUT2D eigenvalue weighted by atomic mass is 32.1. The van der Waals surface area contributed by atoms with Gasteiger partial charge < -0.3 is 10.6 Å². The lowest BCUT2D eigenvalue weighted by Gasteiger charge is -2.31. The molecule has 2 rings (SSSR count). The maximum absolute atomic E-state index is 12.4. The molecule has 0 aromatic carbocycles. The molecule has 0 unspecified atom stereocenters. The Labute approximate surface area is 113 Å². The lowest BCUT2D eigenvalue weighted by molar-refractivity contribution is 0.0692. The van der Waals surface area contributed by atoms with Gasteiger partial charge in [-0.1, -0.05) is 6.92 Å². The van der Waals surface area contributed by atoms with Gasteiger partial charge in [-0.05, 0) is 55.2 Å². The molecule has 1 aliphatic heterocycles. The second kappa shape index (κ2) is 6.34. The maximum Gasteiger partial charge on any atom is 0.264 e. The number of carbonyl (C=O) groups is 1. The molecule has 18 heavy (non-hydrogen) atoms. The number of carbonyl (C=O) groups excluding carboxylic acids is 1. The minimum Gasteiger partial charge on any atom is -0.338 e. The minimum absolute atomic E-state index is 0.230. The lowest BCUT2D eigenvalue weighted by atomic mass is 9.93. The quantitative estimate of drug-likeness (QED) is 0.910. The summed E-state index contributed by atoms with van der Waals surface area (Å²) < 4.78 is 0. The molecule has 1 saturated heterocycles. The first-order valence-corrected chi connectivity index (χ1v) is 7.70. The molecule has 0 aliphatic carbocycles. The van der Waals surface area contributed by atoms with Crippen LogP contribution >= 0.6 is 11.3 Å². The first-order chi connectivity index (χ1) is 8.76. The van der Waals surface area contributed by atoms with Gasteiger partial charge in [0.1, 0.15) is 0 Å². The Morgan fingerprint density at radius 1 is 1.50 bits per heavy atom. The Balaban J connectivity index is 1.95. The van der Waals surface area contributed by atoms with Gasteiger partial charge in [0.15, 0.2) is 0 Å². The second-order valence-corrected chi connectivity index (χ2v) is 5.86. The van der Waals surface area contributed by atoms with Crippen LogP contribution in [0.3, 0.4) is 0 Å². The van der Waals surface area contributed by atoms with Crippen molar-refractivity contribution in [3.05, 3.63) is 21.9 Å². The molecule has 3 nitrogen and oxygen atoms in total. The van der Waals surface area contributed by atoms with Crippen molar-refractivity contribution >= 4 is 17.2 Å². The number of likely N-dealkylation sites (tertiary alicyclic amines) is 1. The number of nitrogens with zero attached hydrogens (tertiary/aromatic N) is 1. The first-order valence-electron chi connectivity index (χ1n) is 6.82. The number of piperidine rings is 1. The molecule has 1 aromatic heterocycles. The summed E-state index contributed by atoms with van der Waals surface area (Å²) in [6.07, 6.45) is 4.25. The zero-order valence-corrected chi connectivity index (χ0v) is 11.8. The molecular weight excluding hydrogens is 244 g/mol. The van der Waals surface area contributed by atoms with Gasteiger partial charge in [-0.25, -0.2) is 0 Å². The summed E-state index contributed by atoms with van der Waals surface area (Å²) in [5.41, 5.74) is 6.78. The molecule has 1 amide bonds. The van der Waals surface area contributed by atoms with E-state index in [1.54, 1.807) is 11.3 Å². The predicted octanol–water partition coefficient (Wildman–Crippen LogP) is 2.51. The van der Waals surface area contributed by atoms with E-state index in [0.29, 0.717) is 5.92 Å². The van der Waals surface area contributed by atoms with Crippen LogP contribution in [0, 0.1) is 5.92 Å². The van der Waals surface area contributed by atoms with Crippen molar-refractivity contribution < 1.29 is 4.79 Å². The average molecular weight is 266 g/mol. The summed E-state index contributed by atoms with van der Waals surface area (Å²) in [5, 5.41) is 2.02. The third kappa shape index (κ3) is 2.93. The monoisotopic (exact) mass is 266 g/mol. The Bertz CT molecular complexity index is 394.